The Morgan fingerprint density at radius 1 is 1.50 bits per heavy atom. The van der Waals surface area contributed by atoms with Crippen molar-refractivity contribution in [2.24, 2.45) is 5.73 Å². The van der Waals surface area contributed by atoms with Gasteiger partial charge in [0.25, 0.3) is 0 Å². The molecule has 0 amide bonds. The number of carbonyl (C=O) groups is 1. The van der Waals surface area contributed by atoms with Gasteiger partial charge in [-0.25, -0.2) is 0 Å². The number of hydrogen-bond acceptors (Lipinski definition) is 3. The number of rotatable bonds is 5. The molecule has 0 bridgehead atoms. The molecule has 0 radical (unpaired) electrons. The Morgan fingerprint density at radius 2 is 2.00 bits per heavy atom. The standard InChI is InChI=1S/C5H12NO5P/c6-4(12(9,10)11)2-1-3-5(7)8/h4H,1-3,6H2,(H,7,8)(H2,9,10,11)/t4-/m1/s1. The minimum Gasteiger partial charge on any atom is -0.481 e. The molecule has 0 spiro atoms. The maximum atomic E-state index is 10.4. The highest BCUT2D eigenvalue weighted by Gasteiger charge is 2.23. The Hall–Kier alpha value is -0.420. The van der Waals surface area contributed by atoms with Crippen molar-refractivity contribution in [2.45, 2.75) is 25.0 Å². The molecule has 0 saturated heterocycles. The summed E-state index contributed by atoms with van der Waals surface area (Å²) in [6, 6.07) is 0. The molecule has 1 atom stereocenters. The summed E-state index contributed by atoms with van der Waals surface area (Å²) >= 11 is 0. The molecule has 0 saturated carbocycles. The predicted molar refractivity (Wildman–Crippen MR) is 41.5 cm³/mol. The van der Waals surface area contributed by atoms with Crippen LogP contribution in [-0.2, 0) is 9.36 Å². The summed E-state index contributed by atoms with van der Waals surface area (Å²) in [6.07, 6.45) is 0.0892. The fourth-order valence-corrected chi connectivity index (χ4v) is 1.15. The van der Waals surface area contributed by atoms with Crippen LogP contribution >= 0.6 is 7.60 Å². The van der Waals surface area contributed by atoms with E-state index < -0.39 is 19.3 Å². The van der Waals surface area contributed by atoms with E-state index in [1.54, 1.807) is 0 Å². The molecule has 6 nitrogen and oxygen atoms in total. The lowest BCUT2D eigenvalue weighted by atomic mass is 10.2. The van der Waals surface area contributed by atoms with Crippen molar-refractivity contribution >= 4 is 13.6 Å². The quantitative estimate of drug-likeness (QED) is 0.449. The van der Waals surface area contributed by atoms with E-state index in [2.05, 4.69) is 0 Å². The van der Waals surface area contributed by atoms with Crippen LogP contribution in [0.15, 0.2) is 0 Å². The fraction of sp³-hybridized carbons (Fsp3) is 0.800. The van der Waals surface area contributed by atoms with E-state index in [4.69, 9.17) is 20.6 Å². The SMILES string of the molecule is N[C@@H](CCCC(=O)O)P(=O)(O)O. The lowest BCUT2D eigenvalue weighted by molar-refractivity contribution is -0.137. The monoisotopic (exact) mass is 197 g/mol. The third-order valence-corrected chi connectivity index (χ3v) is 2.44. The summed E-state index contributed by atoms with van der Waals surface area (Å²) in [5.74, 6) is -2.23. The molecule has 0 aliphatic carbocycles. The maximum absolute atomic E-state index is 10.4. The van der Waals surface area contributed by atoms with E-state index >= 15 is 0 Å². The summed E-state index contributed by atoms with van der Waals surface area (Å²) in [5.41, 5.74) is 5.08. The number of hydrogen-bond donors (Lipinski definition) is 4. The Balaban J connectivity index is 3.65. The zero-order valence-electron chi connectivity index (χ0n) is 6.38. The molecule has 0 fully saturated rings. The van der Waals surface area contributed by atoms with Crippen molar-refractivity contribution in [2.75, 3.05) is 0 Å². The highest BCUT2D eigenvalue weighted by atomic mass is 31.2. The zero-order chi connectivity index (χ0) is 9.78. The third kappa shape index (κ3) is 5.26. The van der Waals surface area contributed by atoms with Gasteiger partial charge in [-0.3, -0.25) is 9.36 Å². The van der Waals surface area contributed by atoms with Gasteiger partial charge in [-0.1, -0.05) is 0 Å². The molecule has 0 aromatic carbocycles. The van der Waals surface area contributed by atoms with Crippen LogP contribution in [0, 0.1) is 0 Å². The summed E-state index contributed by atoms with van der Waals surface area (Å²) in [7, 11) is -4.23. The second-order valence-corrected chi connectivity index (χ2v) is 4.28. The highest BCUT2D eigenvalue weighted by Crippen LogP contribution is 2.40. The van der Waals surface area contributed by atoms with Gasteiger partial charge in [-0.05, 0) is 12.8 Å². The molecule has 7 heteroatoms. The van der Waals surface area contributed by atoms with E-state index in [0.29, 0.717) is 0 Å². The largest absolute Gasteiger partial charge is 0.481 e. The first kappa shape index (κ1) is 11.6. The van der Waals surface area contributed by atoms with Crippen LogP contribution < -0.4 is 5.73 Å². The minimum atomic E-state index is -4.23. The van der Waals surface area contributed by atoms with Crippen LogP contribution in [0.2, 0.25) is 0 Å². The van der Waals surface area contributed by atoms with Gasteiger partial charge in [0.05, 0.1) is 0 Å². The van der Waals surface area contributed by atoms with Crippen molar-refractivity contribution in [1.82, 2.24) is 0 Å². The third-order valence-electron chi connectivity index (χ3n) is 1.32. The maximum Gasteiger partial charge on any atom is 0.342 e. The van der Waals surface area contributed by atoms with Gasteiger partial charge in [-0.2, -0.15) is 0 Å². The van der Waals surface area contributed by atoms with Crippen molar-refractivity contribution < 1.29 is 24.3 Å². The van der Waals surface area contributed by atoms with Gasteiger partial charge in [0.15, 0.2) is 0 Å². The summed E-state index contributed by atoms with van der Waals surface area (Å²) in [5, 5.41) is 8.19. The molecule has 0 aromatic heterocycles. The molecule has 0 heterocycles. The molecule has 0 unspecified atom stereocenters. The van der Waals surface area contributed by atoms with Crippen LogP contribution in [0.3, 0.4) is 0 Å². The average Bonchev–Trinajstić information content (AvgIpc) is 1.84. The van der Waals surface area contributed by atoms with E-state index in [1.807, 2.05) is 0 Å². The van der Waals surface area contributed by atoms with Gasteiger partial charge >= 0.3 is 13.6 Å². The van der Waals surface area contributed by atoms with Crippen LogP contribution in [0.5, 0.6) is 0 Å². The minimum absolute atomic E-state index is 0.0244. The number of carboxylic acid groups (broad SMARTS) is 1. The first-order chi connectivity index (χ1) is 5.34. The van der Waals surface area contributed by atoms with E-state index in [-0.39, 0.29) is 19.3 Å². The van der Waals surface area contributed by atoms with E-state index in [1.165, 1.54) is 0 Å². The predicted octanol–water partition coefficient (Wildman–Crippen LogP) is -0.296. The molecule has 72 valence electrons. The zero-order valence-corrected chi connectivity index (χ0v) is 7.28. The second kappa shape index (κ2) is 4.57. The van der Waals surface area contributed by atoms with Gasteiger partial charge in [0.1, 0.15) is 5.78 Å². The van der Waals surface area contributed by atoms with Gasteiger partial charge in [0, 0.05) is 6.42 Å². The first-order valence-corrected chi connectivity index (χ1v) is 5.05. The normalized spacial score (nSPS) is 14.2. The smallest absolute Gasteiger partial charge is 0.342 e. The van der Waals surface area contributed by atoms with Gasteiger partial charge in [0.2, 0.25) is 0 Å². The van der Waals surface area contributed by atoms with Crippen molar-refractivity contribution in [3.05, 3.63) is 0 Å². The molecule has 12 heavy (non-hydrogen) atoms. The summed E-state index contributed by atoms with van der Waals surface area (Å²) < 4.78 is 10.4. The van der Waals surface area contributed by atoms with Crippen LogP contribution in [0.1, 0.15) is 19.3 Å². The van der Waals surface area contributed by atoms with Crippen LogP contribution in [0.25, 0.3) is 0 Å². The Labute approximate surface area is 69.5 Å². The molecule has 0 rings (SSSR count). The summed E-state index contributed by atoms with van der Waals surface area (Å²) in [4.78, 5) is 27.0. The number of carboxylic acids is 1. The highest BCUT2D eigenvalue weighted by molar-refractivity contribution is 7.52. The summed E-state index contributed by atoms with van der Waals surface area (Å²) in [6.45, 7) is 0. The van der Waals surface area contributed by atoms with Gasteiger partial charge in [-0.15, -0.1) is 0 Å². The van der Waals surface area contributed by atoms with Crippen molar-refractivity contribution in [3.8, 4) is 0 Å². The molecular formula is C5H12NO5P. The lowest BCUT2D eigenvalue weighted by Gasteiger charge is -2.11. The molecule has 0 aliphatic heterocycles. The fourth-order valence-electron chi connectivity index (χ4n) is 0.631. The first-order valence-electron chi connectivity index (χ1n) is 3.36. The molecule has 0 aromatic rings. The molecule has 0 aliphatic rings. The van der Waals surface area contributed by atoms with Crippen LogP contribution in [-0.4, -0.2) is 26.6 Å². The topological polar surface area (TPSA) is 121 Å². The number of nitrogens with two attached hydrogens (primary N) is 1. The number of aliphatic carboxylic acids is 1. The second-order valence-electron chi connectivity index (χ2n) is 2.44. The molecule has 5 N–H and O–H groups in total. The average molecular weight is 197 g/mol. The Bertz CT molecular complexity index is 200. The van der Waals surface area contributed by atoms with Gasteiger partial charge < -0.3 is 20.6 Å². The Kier molecular flexibility index (Phi) is 4.41. The van der Waals surface area contributed by atoms with Crippen molar-refractivity contribution in [1.29, 1.82) is 0 Å². The van der Waals surface area contributed by atoms with E-state index in [0.717, 1.165) is 0 Å². The molecular weight excluding hydrogens is 185 g/mol. The van der Waals surface area contributed by atoms with Crippen molar-refractivity contribution in [3.63, 3.8) is 0 Å². The van der Waals surface area contributed by atoms with E-state index in [9.17, 15) is 9.36 Å². The Morgan fingerprint density at radius 3 is 2.33 bits per heavy atom. The lowest BCUT2D eigenvalue weighted by Crippen LogP contribution is -2.20. The van der Waals surface area contributed by atoms with Crippen LogP contribution in [0.4, 0.5) is 0 Å².